The van der Waals surface area contributed by atoms with E-state index in [0.717, 1.165) is 0 Å². The smallest absolute Gasteiger partial charge is 0.487 e. The Labute approximate surface area is 257 Å². The highest BCUT2D eigenvalue weighted by atomic mass is 16.7. The molecule has 4 N–H and O–H groups in total. The molecule has 0 bridgehead atoms. The van der Waals surface area contributed by atoms with Crippen LogP contribution in [0.15, 0.2) is 48.5 Å². The number of benzene rings is 3. The third kappa shape index (κ3) is 8.74. The fourth-order valence-corrected chi connectivity index (χ4v) is 4.33. The highest BCUT2D eigenvalue weighted by molar-refractivity contribution is 5.66. The first-order valence-electron chi connectivity index (χ1n) is 13.8. The van der Waals surface area contributed by atoms with Crippen LogP contribution in [0.2, 0.25) is 0 Å². The molecule has 0 aliphatic heterocycles. The maximum Gasteiger partial charge on any atom is 0.514 e. The fraction of sp³-hybridized carbons (Fsp3) is 0.323. The van der Waals surface area contributed by atoms with Gasteiger partial charge in [-0.05, 0) is 35.9 Å². The van der Waals surface area contributed by atoms with Gasteiger partial charge in [-0.25, -0.2) is 4.79 Å². The number of ether oxygens (including phenoxy) is 6. The summed E-state index contributed by atoms with van der Waals surface area (Å²) < 4.78 is 33.7. The lowest BCUT2D eigenvalue weighted by Gasteiger charge is -2.24. The molecule has 3 aromatic rings. The summed E-state index contributed by atoms with van der Waals surface area (Å²) in [6.07, 6.45) is -2.08. The summed E-state index contributed by atoms with van der Waals surface area (Å²) in [6.45, 7) is -1.25. The molecule has 0 amide bonds. The van der Waals surface area contributed by atoms with E-state index in [0.29, 0.717) is 22.3 Å². The maximum atomic E-state index is 13.0. The van der Waals surface area contributed by atoms with Crippen molar-refractivity contribution in [3.63, 3.8) is 0 Å². The van der Waals surface area contributed by atoms with Gasteiger partial charge >= 0.3 is 6.16 Å². The number of nitrogens with zero attached hydrogens (tertiary/aromatic N) is 1. The minimum Gasteiger partial charge on any atom is -0.487 e. The molecular weight excluding hydrogens is 594 g/mol. The van der Waals surface area contributed by atoms with Crippen molar-refractivity contribution in [3.05, 3.63) is 80.9 Å². The first kappa shape index (κ1) is 32.8. The quantitative estimate of drug-likeness (QED) is 0.0632. The summed E-state index contributed by atoms with van der Waals surface area (Å²) in [7, 11) is 0. The van der Waals surface area contributed by atoms with Crippen LogP contribution in [-0.4, -0.2) is 84.4 Å². The van der Waals surface area contributed by atoms with Crippen molar-refractivity contribution in [3.8, 4) is 40.6 Å². The first-order chi connectivity index (χ1) is 21.9. The van der Waals surface area contributed by atoms with Crippen molar-refractivity contribution < 1.29 is 58.6 Å². The summed E-state index contributed by atoms with van der Waals surface area (Å²) >= 11 is 0. The molecule has 45 heavy (non-hydrogen) atoms. The van der Waals surface area contributed by atoms with Gasteiger partial charge in [0.1, 0.15) is 38.3 Å². The predicted molar refractivity (Wildman–Crippen MR) is 156 cm³/mol. The van der Waals surface area contributed by atoms with Crippen LogP contribution < -0.4 is 23.7 Å². The lowest BCUT2D eigenvalue weighted by molar-refractivity contribution is -0.384. The number of aliphatic hydroxyl groups is 4. The SMILES string of the molecule is O=C(Oc1ccc([N+](=O)[O-])cc1)OC1Cc2cc(OCCO)c(OCCO)cc2C#Cc2cc(OCCO)c(OCCO)cc21. The number of hydrogen-bond donors (Lipinski definition) is 4. The van der Waals surface area contributed by atoms with Crippen LogP contribution >= 0.6 is 0 Å². The van der Waals surface area contributed by atoms with Gasteiger partial charge in [-0.2, -0.15) is 0 Å². The highest BCUT2D eigenvalue weighted by Gasteiger charge is 2.27. The van der Waals surface area contributed by atoms with Crippen LogP contribution in [0, 0.1) is 22.0 Å². The Morgan fingerprint density at radius 1 is 0.756 bits per heavy atom. The van der Waals surface area contributed by atoms with Crippen LogP contribution in [0.3, 0.4) is 0 Å². The summed E-state index contributed by atoms with van der Waals surface area (Å²) in [6, 6.07) is 11.3. The van der Waals surface area contributed by atoms with Crippen LogP contribution in [0.25, 0.3) is 0 Å². The molecular formula is C31H31NO13. The number of rotatable bonds is 15. The Morgan fingerprint density at radius 2 is 1.24 bits per heavy atom. The second kappa shape index (κ2) is 16.1. The molecule has 238 valence electrons. The molecule has 0 spiro atoms. The summed E-state index contributed by atoms with van der Waals surface area (Å²) in [5, 5.41) is 48.2. The number of hydrogen-bond acceptors (Lipinski definition) is 13. The van der Waals surface area contributed by atoms with Gasteiger partial charge in [0, 0.05) is 41.3 Å². The second-order valence-corrected chi connectivity index (χ2v) is 9.29. The number of carbonyl (C=O) groups is 1. The van der Waals surface area contributed by atoms with Crippen molar-refractivity contribution in [1.82, 2.24) is 0 Å². The fourth-order valence-electron chi connectivity index (χ4n) is 4.33. The summed E-state index contributed by atoms with van der Waals surface area (Å²) in [4.78, 5) is 23.4. The zero-order valence-corrected chi connectivity index (χ0v) is 24.0. The third-order valence-electron chi connectivity index (χ3n) is 6.25. The lowest BCUT2D eigenvalue weighted by Crippen LogP contribution is -2.20. The molecule has 4 rings (SSSR count). The molecule has 14 nitrogen and oxygen atoms in total. The van der Waals surface area contributed by atoms with Gasteiger partial charge < -0.3 is 48.8 Å². The molecule has 3 aromatic carbocycles. The van der Waals surface area contributed by atoms with Crippen molar-refractivity contribution in [2.24, 2.45) is 0 Å². The largest absolute Gasteiger partial charge is 0.514 e. The average molecular weight is 626 g/mol. The third-order valence-corrected chi connectivity index (χ3v) is 6.25. The van der Waals surface area contributed by atoms with E-state index < -0.39 is 17.2 Å². The number of nitro benzene ring substituents is 1. The molecule has 0 fully saturated rings. The van der Waals surface area contributed by atoms with Gasteiger partial charge in [0.2, 0.25) is 0 Å². The summed E-state index contributed by atoms with van der Waals surface area (Å²) in [5.41, 5.74) is 1.72. The number of aliphatic hydroxyl groups excluding tert-OH is 4. The highest BCUT2D eigenvalue weighted by Crippen LogP contribution is 2.39. The van der Waals surface area contributed by atoms with Crippen molar-refractivity contribution >= 4 is 11.8 Å². The van der Waals surface area contributed by atoms with Gasteiger partial charge in [-0.1, -0.05) is 11.8 Å². The molecule has 14 heteroatoms. The second-order valence-electron chi connectivity index (χ2n) is 9.29. The molecule has 0 heterocycles. The molecule has 1 unspecified atom stereocenters. The standard InChI is InChI=1S/C31H31NO13/c33-7-11-40-27-15-20-1-2-21-16-28(41-12-8-34)30(43-14-10-36)19-25(21)26(17-22(20)18-29(27)42-13-9-35)45-31(37)44-24-5-3-23(4-6-24)32(38)39/h3-6,15-16,18-19,26,33-36H,7-14,17H2. The molecule has 1 atom stereocenters. The van der Waals surface area contributed by atoms with Crippen LogP contribution in [0.4, 0.5) is 10.5 Å². The van der Waals surface area contributed by atoms with E-state index in [1.807, 2.05) is 0 Å². The Morgan fingerprint density at radius 3 is 1.78 bits per heavy atom. The van der Waals surface area contributed by atoms with Crippen LogP contribution in [-0.2, 0) is 11.2 Å². The van der Waals surface area contributed by atoms with Crippen molar-refractivity contribution in [2.75, 3.05) is 52.9 Å². The molecule has 0 radical (unpaired) electrons. The number of nitro groups is 1. The maximum absolute atomic E-state index is 13.0. The Kier molecular flexibility index (Phi) is 11.8. The van der Waals surface area contributed by atoms with E-state index in [9.17, 15) is 35.3 Å². The lowest BCUT2D eigenvalue weighted by atomic mass is 9.91. The van der Waals surface area contributed by atoms with Gasteiger partial charge in [-0.3, -0.25) is 10.1 Å². The van der Waals surface area contributed by atoms with Gasteiger partial charge in [0.25, 0.3) is 5.69 Å². The first-order valence-corrected chi connectivity index (χ1v) is 13.8. The Hall–Kier alpha value is -5.07. The van der Waals surface area contributed by atoms with E-state index in [1.54, 1.807) is 24.3 Å². The van der Waals surface area contributed by atoms with E-state index >= 15 is 0 Å². The monoisotopic (exact) mass is 625 g/mol. The molecule has 0 saturated carbocycles. The Bertz CT molecular complexity index is 1550. The van der Waals surface area contributed by atoms with Gasteiger partial charge in [0.05, 0.1) is 31.4 Å². The molecule has 1 aliphatic carbocycles. The number of carbonyl (C=O) groups excluding carboxylic acids is 1. The van der Waals surface area contributed by atoms with Gasteiger partial charge in [0.15, 0.2) is 23.0 Å². The molecule has 0 aromatic heterocycles. The van der Waals surface area contributed by atoms with Crippen molar-refractivity contribution in [2.45, 2.75) is 12.5 Å². The summed E-state index contributed by atoms with van der Waals surface area (Å²) in [5.74, 6) is 7.15. The van der Waals surface area contributed by atoms with E-state index in [-0.39, 0.29) is 93.7 Å². The van der Waals surface area contributed by atoms with E-state index in [4.69, 9.17) is 28.4 Å². The molecule has 1 aliphatic rings. The zero-order valence-electron chi connectivity index (χ0n) is 24.0. The predicted octanol–water partition coefficient (Wildman–Crippen LogP) is 2.29. The van der Waals surface area contributed by atoms with Crippen molar-refractivity contribution in [1.29, 1.82) is 0 Å². The minimum atomic E-state index is -1.10. The number of fused-ring (bicyclic) bond motifs is 2. The van der Waals surface area contributed by atoms with Crippen LogP contribution in [0.5, 0.6) is 28.7 Å². The topological polar surface area (TPSA) is 197 Å². The van der Waals surface area contributed by atoms with E-state index in [1.165, 1.54) is 24.3 Å². The normalized spacial score (nSPS) is 13.1. The number of non-ortho nitro benzene ring substituents is 1. The van der Waals surface area contributed by atoms with Crippen LogP contribution in [0.1, 0.15) is 28.4 Å². The molecule has 0 saturated heterocycles. The van der Waals surface area contributed by atoms with Gasteiger partial charge in [-0.15, -0.1) is 0 Å². The van der Waals surface area contributed by atoms with E-state index in [2.05, 4.69) is 11.8 Å². The average Bonchev–Trinajstić information content (AvgIpc) is 3.03. The zero-order chi connectivity index (χ0) is 32.2. The minimum absolute atomic E-state index is 0.0157. The Balaban J connectivity index is 1.78.